The van der Waals surface area contributed by atoms with E-state index in [1.54, 1.807) is 6.20 Å². The van der Waals surface area contributed by atoms with Gasteiger partial charge in [0.15, 0.2) is 0 Å². The van der Waals surface area contributed by atoms with Gasteiger partial charge in [-0.2, -0.15) is 0 Å². The summed E-state index contributed by atoms with van der Waals surface area (Å²) in [6.45, 7) is 4.92. The molecule has 5 nitrogen and oxygen atoms in total. The van der Waals surface area contributed by atoms with Gasteiger partial charge in [-0.3, -0.25) is 9.78 Å². The Balaban J connectivity index is 1.68. The lowest BCUT2D eigenvalue weighted by Crippen LogP contribution is -2.45. The topological polar surface area (TPSA) is 62.5 Å². The lowest BCUT2D eigenvalue weighted by atomic mass is 10.0. The maximum absolute atomic E-state index is 11.8. The summed E-state index contributed by atoms with van der Waals surface area (Å²) in [4.78, 5) is 20.4. The van der Waals surface area contributed by atoms with Crippen LogP contribution >= 0.6 is 0 Å². The fourth-order valence-corrected chi connectivity index (χ4v) is 3.47. The molecule has 1 amide bonds. The number of nitrogens with two attached hydrogens (primary N) is 1. The van der Waals surface area contributed by atoms with Gasteiger partial charge in [0.25, 0.3) is 0 Å². The standard InChI is InChI=1S/C15H22N4O/c1-11-9-17-10-13(16)15(11)18-7-4-12(5-8-18)19-6-2-3-14(19)20/h9-10,12H,2-8,16H2,1H3. The summed E-state index contributed by atoms with van der Waals surface area (Å²) < 4.78 is 0. The maximum Gasteiger partial charge on any atom is 0.222 e. The number of hydrogen-bond donors (Lipinski definition) is 1. The van der Waals surface area contributed by atoms with Crippen molar-refractivity contribution in [2.45, 2.75) is 38.6 Å². The molecule has 1 aromatic heterocycles. The van der Waals surface area contributed by atoms with E-state index < -0.39 is 0 Å². The van der Waals surface area contributed by atoms with E-state index in [0.29, 0.717) is 11.9 Å². The minimum absolute atomic E-state index is 0.336. The smallest absolute Gasteiger partial charge is 0.222 e. The average Bonchev–Trinajstić information content (AvgIpc) is 2.86. The molecule has 5 heteroatoms. The van der Waals surface area contributed by atoms with E-state index in [-0.39, 0.29) is 0 Å². The Morgan fingerprint density at radius 1 is 1.25 bits per heavy atom. The first kappa shape index (κ1) is 13.2. The van der Waals surface area contributed by atoms with Crippen molar-refractivity contribution in [1.29, 1.82) is 0 Å². The number of piperidine rings is 1. The molecule has 0 bridgehead atoms. The number of rotatable bonds is 2. The summed E-state index contributed by atoms with van der Waals surface area (Å²) in [6.07, 6.45) is 7.41. The second-order valence-electron chi connectivity index (χ2n) is 5.80. The minimum atomic E-state index is 0.336. The highest BCUT2D eigenvalue weighted by Crippen LogP contribution is 2.30. The van der Waals surface area contributed by atoms with Crippen molar-refractivity contribution in [3.8, 4) is 0 Å². The molecule has 2 aliphatic rings. The molecule has 0 spiro atoms. The zero-order valence-electron chi connectivity index (χ0n) is 12.0. The maximum atomic E-state index is 11.8. The van der Waals surface area contributed by atoms with Crippen LogP contribution < -0.4 is 10.6 Å². The summed E-state index contributed by atoms with van der Waals surface area (Å²) >= 11 is 0. The Labute approximate surface area is 119 Å². The normalized spacial score (nSPS) is 20.8. The van der Waals surface area contributed by atoms with Crippen LogP contribution in [0.3, 0.4) is 0 Å². The molecule has 0 radical (unpaired) electrons. The number of nitrogens with zero attached hydrogens (tertiary/aromatic N) is 3. The van der Waals surface area contributed by atoms with Crippen molar-refractivity contribution in [2.75, 3.05) is 30.3 Å². The van der Waals surface area contributed by atoms with Crippen molar-refractivity contribution in [3.05, 3.63) is 18.0 Å². The van der Waals surface area contributed by atoms with E-state index in [0.717, 1.165) is 62.3 Å². The number of amides is 1. The molecule has 0 unspecified atom stereocenters. The molecule has 0 aliphatic carbocycles. The van der Waals surface area contributed by atoms with Gasteiger partial charge in [-0.05, 0) is 31.7 Å². The zero-order valence-corrected chi connectivity index (χ0v) is 12.0. The number of nitrogen functional groups attached to an aromatic ring is 1. The van der Waals surface area contributed by atoms with Gasteiger partial charge in [0.2, 0.25) is 5.91 Å². The van der Waals surface area contributed by atoms with E-state index >= 15 is 0 Å². The highest BCUT2D eigenvalue weighted by atomic mass is 16.2. The molecule has 20 heavy (non-hydrogen) atoms. The zero-order chi connectivity index (χ0) is 14.1. The van der Waals surface area contributed by atoms with Crippen LogP contribution in [0.5, 0.6) is 0 Å². The molecule has 1 aromatic rings. The molecular formula is C15H22N4O. The number of likely N-dealkylation sites (tertiary alicyclic amines) is 1. The van der Waals surface area contributed by atoms with E-state index in [4.69, 9.17) is 5.73 Å². The van der Waals surface area contributed by atoms with E-state index in [2.05, 4.69) is 21.7 Å². The number of anilines is 2. The quantitative estimate of drug-likeness (QED) is 0.889. The highest BCUT2D eigenvalue weighted by molar-refractivity contribution is 5.78. The van der Waals surface area contributed by atoms with Crippen molar-refractivity contribution in [2.24, 2.45) is 0 Å². The predicted molar refractivity (Wildman–Crippen MR) is 79.6 cm³/mol. The fourth-order valence-electron chi connectivity index (χ4n) is 3.47. The van der Waals surface area contributed by atoms with Crippen molar-refractivity contribution in [3.63, 3.8) is 0 Å². The number of pyridine rings is 1. The van der Waals surface area contributed by atoms with Gasteiger partial charge in [-0.15, -0.1) is 0 Å². The van der Waals surface area contributed by atoms with Gasteiger partial charge in [0, 0.05) is 38.3 Å². The van der Waals surface area contributed by atoms with E-state index in [1.807, 2.05) is 6.20 Å². The molecule has 3 heterocycles. The lowest BCUT2D eigenvalue weighted by molar-refractivity contribution is -0.130. The number of carbonyl (C=O) groups excluding carboxylic acids is 1. The largest absolute Gasteiger partial charge is 0.396 e. The first-order valence-electron chi connectivity index (χ1n) is 7.41. The molecular weight excluding hydrogens is 252 g/mol. The predicted octanol–water partition coefficient (Wildman–Crippen LogP) is 1.56. The SMILES string of the molecule is Cc1cncc(N)c1N1CCC(N2CCCC2=O)CC1. The van der Waals surface area contributed by atoms with Gasteiger partial charge in [0.05, 0.1) is 17.6 Å². The third-order valence-corrected chi connectivity index (χ3v) is 4.46. The summed E-state index contributed by atoms with van der Waals surface area (Å²) in [6, 6.07) is 0.421. The minimum Gasteiger partial charge on any atom is -0.396 e. The summed E-state index contributed by atoms with van der Waals surface area (Å²) in [7, 11) is 0. The first-order chi connectivity index (χ1) is 9.66. The van der Waals surface area contributed by atoms with Crippen molar-refractivity contribution in [1.82, 2.24) is 9.88 Å². The van der Waals surface area contributed by atoms with Crippen LogP contribution in [0, 0.1) is 6.92 Å². The summed E-state index contributed by atoms with van der Waals surface area (Å²) in [5.41, 5.74) is 9.06. The summed E-state index contributed by atoms with van der Waals surface area (Å²) in [5.74, 6) is 0.336. The van der Waals surface area contributed by atoms with Crippen LogP contribution in [0.15, 0.2) is 12.4 Å². The number of hydrogen-bond acceptors (Lipinski definition) is 4. The Hall–Kier alpha value is -1.78. The molecule has 108 valence electrons. The van der Waals surface area contributed by atoms with Crippen LogP contribution in [0.25, 0.3) is 0 Å². The average molecular weight is 274 g/mol. The number of aryl methyl sites for hydroxylation is 1. The number of aromatic nitrogens is 1. The Kier molecular flexibility index (Phi) is 3.51. The third kappa shape index (κ3) is 2.32. The Morgan fingerprint density at radius 3 is 2.60 bits per heavy atom. The Bertz CT molecular complexity index is 488. The molecule has 0 atom stereocenters. The molecule has 2 N–H and O–H groups in total. The highest BCUT2D eigenvalue weighted by Gasteiger charge is 2.31. The molecule has 0 saturated carbocycles. The summed E-state index contributed by atoms with van der Waals surface area (Å²) in [5, 5.41) is 0. The molecule has 2 fully saturated rings. The second-order valence-corrected chi connectivity index (χ2v) is 5.80. The molecule has 3 rings (SSSR count). The van der Waals surface area contributed by atoms with Gasteiger partial charge in [0.1, 0.15) is 0 Å². The molecule has 2 aliphatic heterocycles. The first-order valence-corrected chi connectivity index (χ1v) is 7.41. The van der Waals surface area contributed by atoms with Gasteiger partial charge >= 0.3 is 0 Å². The van der Waals surface area contributed by atoms with Crippen LogP contribution in [0.4, 0.5) is 11.4 Å². The van der Waals surface area contributed by atoms with Crippen molar-refractivity contribution < 1.29 is 4.79 Å². The van der Waals surface area contributed by atoms with Gasteiger partial charge < -0.3 is 15.5 Å². The van der Waals surface area contributed by atoms with E-state index in [1.165, 1.54) is 0 Å². The third-order valence-electron chi connectivity index (χ3n) is 4.46. The Morgan fingerprint density at radius 2 is 2.00 bits per heavy atom. The van der Waals surface area contributed by atoms with Crippen LogP contribution in [-0.4, -0.2) is 41.5 Å². The molecule has 2 saturated heterocycles. The monoisotopic (exact) mass is 274 g/mol. The van der Waals surface area contributed by atoms with Crippen molar-refractivity contribution >= 4 is 17.3 Å². The van der Waals surface area contributed by atoms with Crippen LogP contribution in [0.1, 0.15) is 31.2 Å². The lowest BCUT2D eigenvalue weighted by Gasteiger charge is -2.38. The van der Waals surface area contributed by atoms with Gasteiger partial charge in [-0.1, -0.05) is 0 Å². The van der Waals surface area contributed by atoms with Gasteiger partial charge in [-0.25, -0.2) is 0 Å². The second kappa shape index (κ2) is 5.31. The molecule has 0 aromatic carbocycles. The van der Waals surface area contributed by atoms with Crippen LogP contribution in [-0.2, 0) is 4.79 Å². The fraction of sp³-hybridized carbons (Fsp3) is 0.600. The van der Waals surface area contributed by atoms with Crippen LogP contribution in [0.2, 0.25) is 0 Å². The number of carbonyl (C=O) groups is 1. The van der Waals surface area contributed by atoms with E-state index in [9.17, 15) is 4.79 Å².